The van der Waals surface area contributed by atoms with Gasteiger partial charge in [-0.3, -0.25) is 0 Å². The van der Waals surface area contributed by atoms with E-state index < -0.39 is 0 Å². The van der Waals surface area contributed by atoms with Gasteiger partial charge in [-0.15, -0.1) is 19.0 Å². The molecule has 3 nitrogen and oxygen atoms in total. The molecule has 0 amide bonds. The summed E-state index contributed by atoms with van der Waals surface area (Å²) < 4.78 is 6.98. The Hall–Kier alpha value is -0.800. The van der Waals surface area contributed by atoms with Gasteiger partial charge in [0.25, 0.3) is 0 Å². The third-order valence-electron chi connectivity index (χ3n) is 1.04. The summed E-state index contributed by atoms with van der Waals surface area (Å²) in [5.41, 5.74) is 0. The molecule has 0 radical (unpaired) electrons. The molecule has 0 bridgehead atoms. The second-order valence-corrected chi connectivity index (χ2v) is 1.87. The molecule has 0 aliphatic carbocycles. The topological polar surface area (TPSA) is 27.1 Å². The molecule has 0 atom stereocenters. The van der Waals surface area contributed by atoms with Crippen molar-refractivity contribution in [2.45, 2.75) is 6.73 Å². The molecule has 1 aromatic heterocycles. The van der Waals surface area contributed by atoms with Gasteiger partial charge >= 0.3 is 0 Å². The van der Waals surface area contributed by atoms with Crippen LogP contribution >= 0.6 is 12.4 Å². The Bertz CT molecular complexity index is 186. The van der Waals surface area contributed by atoms with Crippen molar-refractivity contribution in [3.8, 4) is 0 Å². The number of aromatic nitrogens is 2. The quantitative estimate of drug-likeness (QED) is 0.511. The van der Waals surface area contributed by atoms with Crippen LogP contribution in [0.5, 0.6) is 0 Å². The molecule has 0 spiro atoms. The van der Waals surface area contributed by atoms with E-state index in [1.165, 1.54) is 0 Å². The van der Waals surface area contributed by atoms with Crippen LogP contribution in [0.25, 0.3) is 0 Å². The van der Waals surface area contributed by atoms with Crippen molar-refractivity contribution in [1.29, 1.82) is 0 Å². The predicted molar refractivity (Wildman–Crippen MR) is 45.6 cm³/mol. The van der Waals surface area contributed by atoms with Gasteiger partial charge in [-0.05, 0) is 0 Å². The van der Waals surface area contributed by atoms with Gasteiger partial charge < -0.3 is 9.30 Å². The minimum Gasteiger partial charge on any atom is -0.357 e. The Morgan fingerprint density at radius 1 is 1.64 bits per heavy atom. The van der Waals surface area contributed by atoms with Crippen molar-refractivity contribution in [3.05, 3.63) is 31.4 Å². The number of hydrogen-bond acceptors (Lipinski definition) is 2. The van der Waals surface area contributed by atoms with Gasteiger partial charge in [0.2, 0.25) is 0 Å². The van der Waals surface area contributed by atoms with Crippen LogP contribution in [0.3, 0.4) is 0 Å². The normalized spacial score (nSPS) is 8.73. The summed E-state index contributed by atoms with van der Waals surface area (Å²) >= 11 is 0. The highest BCUT2D eigenvalue weighted by atomic mass is 35.5. The Morgan fingerprint density at radius 2 is 2.45 bits per heavy atom. The smallest absolute Gasteiger partial charge is 0.124 e. The molecule has 0 N–H and O–H groups in total. The van der Waals surface area contributed by atoms with E-state index >= 15 is 0 Å². The minimum absolute atomic E-state index is 0. The number of imidazole rings is 1. The highest BCUT2D eigenvalue weighted by molar-refractivity contribution is 5.85. The Balaban J connectivity index is 0.000001000. The van der Waals surface area contributed by atoms with Gasteiger partial charge in [-0.25, -0.2) is 4.98 Å². The summed E-state index contributed by atoms with van der Waals surface area (Å²) in [6.45, 7) is 4.66. The molecule has 0 aliphatic heterocycles. The summed E-state index contributed by atoms with van der Waals surface area (Å²) in [7, 11) is 0. The van der Waals surface area contributed by atoms with Crippen LogP contribution in [0.2, 0.25) is 0 Å². The van der Waals surface area contributed by atoms with Crippen LogP contribution in [-0.4, -0.2) is 16.2 Å². The zero-order valence-corrected chi connectivity index (χ0v) is 6.96. The van der Waals surface area contributed by atoms with Crippen molar-refractivity contribution in [2.24, 2.45) is 0 Å². The number of rotatable bonds is 4. The van der Waals surface area contributed by atoms with Crippen molar-refractivity contribution >= 4 is 12.4 Å². The monoisotopic (exact) mass is 174 g/mol. The standard InChI is InChI=1S/C7H10N2O.ClH/c1-2-5-10-7-9-4-3-8-6-9;/h2-4,6H,1,5,7H2;1H. The first kappa shape index (κ1) is 10.2. The molecule has 1 rings (SSSR count). The number of hydrogen-bond donors (Lipinski definition) is 0. The fourth-order valence-electron chi connectivity index (χ4n) is 0.605. The maximum absolute atomic E-state index is 5.13. The van der Waals surface area contributed by atoms with E-state index in [0.717, 1.165) is 0 Å². The summed E-state index contributed by atoms with van der Waals surface area (Å²) in [5.74, 6) is 0. The van der Waals surface area contributed by atoms with E-state index in [1.807, 2.05) is 10.8 Å². The molecule has 4 heteroatoms. The molecule has 11 heavy (non-hydrogen) atoms. The van der Waals surface area contributed by atoms with E-state index in [2.05, 4.69) is 11.6 Å². The average Bonchev–Trinajstić information content (AvgIpc) is 2.41. The molecule has 62 valence electrons. The third kappa shape index (κ3) is 3.80. The molecule has 0 aliphatic rings. The second-order valence-electron chi connectivity index (χ2n) is 1.87. The first-order chi connectivity index (χ1) is 4.93. The summed E-state index contributed by atoms with van der Waals surface area (Å²) in [4.78, 5) is 3.86. The SMILES string of the molecule is C=CCOCn1ccnc1.Cl. The second kappa shape index (κ2) is 5.95. The maximum atomic E-state index is 5.13. The van der Waals surface area contributed by atoms with Crippen molar-refractivity contribution in [1.82, 2.24) is 9.55 Å². The molecule has 0 unspecified atom stereocenters. The van der Waals surface area contributed by atoms with Crippen molar-refractivity contribution in [3.63, 3.8) is 0 Å². The van der Waals surface area contributed by atoms with Gasteiger partial charge in [0.15, 0.2) is 0 Å². The molecule has 0 saturated carbocycles. The fraction of sp³-hybridized carbons (Fsp3) is 0.286. The van der Waals surface area contributed by atoms with E-state index in [1.54, 1.807) is 18.6 Å². The average molecular weight is 175 g/mol. The number of ether oxygens (including phenoxy) is 1. The highest BCUT2D eigenvalue weighted by Gasteiger charge is 1.85. The zero-order valence-electron chi connectivity index (χ0n) is 6.14. The molecular weight excluding hydrogens is 164 g/mol. The Labute approximate surface area is 72.1 Å². The van der Waals surface area contributed by atoms with E-state index in [4.69, 9.17) is 4.74 Å². The molecule has 0 fully saturated rings. The highest BCUT2D eigenvalue weighted by Crippen LogP contribution is 1.86. The zero-order chi connectivity index (χ0) is 7.23. The van der Waals surface area contributed by atoms with Crippen LogP contribution in [0.15, 0.2) is 31.4 Å². The van der Waals surface area contributed by atoms with E-state index in [-0.39, 0.29) is 12.4 Å². The number of nitrogens with zero attached hydrogens (tertiary/aromatic N) is 2. The van der Waals surface area contributed by atoms with Crippen LogP contribution in [0.4, 0.5) is 0 Å². The van der Waals surface area contributed by atoms with Crippen LogP contribution in [-0.2, 0) is 11.5 Å². The van der Waals surface area contributed by atoms with Gasteiger partial charge in [-0.2, -0.15) is 0 Å². The lowest BCUT2D eigenvalue weighted by atomic mass is 10.7. The first-order valence-electron chi connectivity index (χ1n) is 3.08. The lowest BCUT2D eigenvalue weighted by molar-refractivity contribution is 0.100. The van der Waals surface area contributed by atoms with Crippen LogP contribution in [0, 0.1) is 0 Å². The van der Waals surface area contributed by atoms with Crippen LogP contribution < -0.4 is 0 Å². The first-order valence-corrected chi connectivity index (χ1v) is 3.08. The lowest BCUT2D eigenvalue weighted by Crippen LogP contribution is -1.99. The predicted octanol–water partition coefficient (Wildman–Crippen LogP) is 1.46. The Morgan fingerprint density at radius 3 is 3.00 bits per heavy atom. The summed E-state index contributed by atoms with van der Waals surface area (Å²) in [5, 5.41) is 0. The van der Waals surface area contributed by atoms with Gasteiger partial charge in [-0.1, -0.05) is 6.08 Å². The summed E-state index contributed by atoms with van der Waals surface area (Å²) in [6, 6.07) is 0. The maximum Gasteiger partial charge on any atom is 0.124 e. The lowest BCUT2D eigenvalue weighted by Gasteiger charge is -1.99. The Kier molecular flexibility index (Phi) is 5.51. The van der Waals surface area contributed by atoms with Crippen molar-refractivity contribution in [2.75, 3.05) is 6.61 Å². The molecule has 1 aromatic rings. The van der Waals surface area contributed by atoms with Crippen LogP contribution in [0.1, 0.15) is 0 Å². The van der Waals surface area contributed by atoms with Gasteiger partial charge in [0.05, 0.1) is 12.9 Å². The number of halogens is 1. The van der Waals surface area contributed by atoms with Gasteiger partial charge in [0, 0.05) is 12.4 Å². The molecule has 1 heterocycles. The molecule has 0 saturated heterocycles. The third-order valence-corrected chi connectivity index (χ3v) is 1.04. The molecular formula is C7H11ClN2O. The van der Waals surface area contributed by atoms with E-state index in [0.29, 0.717) is 13.3 Å². The molecule has 0 aromatic carbocycles. The van der Waals surface area contributed by atoms with E-state index in [9.17, 15) is 0 Å². The largest absolute Gasteiger partial charge is 0.357 e. The fourth-order valence-corrected chi connectivity index (χ4v) is 0.605. The van der Waals surface area contributed by atoms with Crippen molar-refractivity contribution < 1.29 is 4.74 Å². The van der Waals surface area contributed by atoms with Gasteiger partial charge in [0.1, 0.15) is 6.73 Å². The minimum atomic E-state index is 0. The summed E-state index contributed by atoms with van der Waals surface area (Å²) in [6.07, 6.45) is 7.00.